The van der Waals surface area contributed by atoms with Gasteiger partial charge in [-0.15, -0.1) is 0 Å². The number of aromatic nitrogens is 2. The summed E-state index contributed by atoms with van der Waals surface area (Å²) in [6.45, 7) is 0.312. The second-order valence-corrected chi connectivity index (χ2v) is 8.59. The van der Waals surface area contributed by atoms with Crippen LogP contribution in [0.4, 0.5) is 5.69 Å². The van der Waals surface area contributed by atoms with Gasteiger partial charge in [0.1, 0.15) is 17.3 Å². The molecule has 0 bridgehead atoms. The molecule has 0 spiro atoms. The summed E-state index contributed by atoms with van der Waals surface area (Å²) in [7, 11) is 1.55. The first-order chi connectivity index (χ1) is 19.0. The molecule has 9 nitrogen and oxygen atoms in total. The number of hydrogen-bond donors (Lipinski definition) is 2. The number of benzene rings is 4. The van der Waals surface area contributed by atoms with Crippen LogP contribution in [0, 0.1) is 10.1 Å². The van der Waals surface area contributed by atoms with Crippen molar-refractivity contribution < 1.29 is 19.2 Å². The van der Waals surface area contributed by atoms with Crippen LogP contribution in [-0.4, -0.2) is 27.9 Å². The van der Waals surface area contributed by atoms with Gasteiger partial charge in [0.2, 0.25) is 5.75 Å². The number of hydrogen-bond acceptors (Lipinski definition) is 6. The second kappa shape index (κ2) is 11.3. The summed E-state index contributed by atoms with van der Waals surface area (Å²) in [6.07, 6.45) is 1.57. The normalized spacial score (nSPS) is 11.3. The molecular weight excluding hydrogens is 496 g/mol. The molecule has 5 aromatic rings. The Morgan fingerprint density at radius 2 is 1.69 bits per heavy atom. The lowest BCUT2D eigenvalue weighted by molar-refractivity contribution is -0.385. The van der Waals surface area contributed by atoms with Gasteiger partial charge in [-0.2, -0.15) is 0 Å². The molecule has 0 aliphatic carbocycles. The molecule has 0 aliphatic heterocycles. The molecule has 1 aromatic heterocycles. The van der Waals surface area contributed by atoms with Crippen LogP contribution in [-0.2, 0) is 11.3 Å². The molecule has 0 aliphatic rings. The molecule has 194 valence electrons. The maximum absolute atomic E-state index is 13.4. The molecule has 39 heavy (non-hydrogen) atoms. The van der Waals surface area contributed by atoms with Gasteiger partial charge >= 0.3 is 5.69 Å². The zero-order valence-electron chi connectivity index (χ0n) is 21.0. The Hall–Kier alpha value is -5.44. The molecule has 1 heterocycles. The minimum atomic E-state index is -0.521. The van der Waals surface area contributed by atoms with Crippen LogP contribution in [0.5, 0.6) is 17.2 Å². The van der Waals surface area contributed by atoms with Crippen molar-refractivity contribution in [1.29, 1.82) is 0 Å². The summed E-state index contributed by atoms with van der Waals surface area (Å²) in [5, 5.41) is 14.8. The largest absolute Gasteiger partial charge is 0.497 e. The summed E-state index contributed by atoms with van der Waals surface area (Å²) in [5.74, 6) is 1.11. The van der Waals surface area contributed by atoms with Crippen molar-refractivity contribution in [2.75, 3.05) is 7.11 Å². The smallest absolute Gasteiger partial charge is 0.312 e. The predicted molar refractivity (Wildman–Crippen MR) is 148 cm³/mol. The van der Waals surface area contributed by atoms with Gasteiger partial charge in [-0.25, -0.2) is 4.98 Å². The van der Waals surface area contributed by atoms with E-state index in [4.69, 9.17) is 9.47 Å². The highest BCUT2D eigenvalue weighted by Crippen LogP contribution is 2.34. The van der Waals surface area contributed by atoms with E-state index >= 15 is 0 Å². The Bertz CT molecular complexity index is 1630. The first kappa shape index (κ1) is 25.2. The minimum Gasteiger partial charge on any atom is -0.497 e. The monoisotopic (exact) mass is 520 g/mol. The van der Waals surface area contributed by atoms with E-state index in [1.165, 1.54) is 12.1 Å². The van der Waals surface area contributed by atoms with Gasteiger partial charge in [0, 0.05) is 12.6 Å². The molecule has 1 amide bonds. The average Bonchev–Trinajstić information content (AvgIpc) is 3.40. The Balaban J connectivity index is 1.49. The van der Waals surface area contributed by atoms with Crippen molar-refractivity contribution in [3.8, 4) is 17.2 Å². The van der Waals surface area contributed by atoms with Crippen molar-refractivity contribution in [2.45, 2.75) is 6.54 Å². The zero-order valence-corrected chi connectivity index (χ0v) is 21.0. The van der Waals surface area contributed by atoms with E-state index in [2.05, 4.69) is 15.3 Å². The number of imidazole rings is 1. The molecular formula is C30H24N4O5. The number of ether oxygens (including phenoxy) is 2. The van der Waals surface area contributed by atoms with Crippen molar-refractivity contribution in [2.24, 2.45) is 0 Å². The lowest BCUT2D eigenvalue weighted by Gasteiger charge is -2.10. The molecule has 0 saturated heterocycles. The summed E-state index contributed by atoms with van der Waals surface area (Å²) >= 11 is 0. The number of H-pyrrole nitrogens is 1. The highest BCUT2D eigenvalue weighted by Gasteiger charge is 2.20. The van der Waals surface area contributed by atoms with Gasteiger partial charge in [-0.3, -0.25) is 14.9 Å². The number of methoxy groups -OCH3 is 1. The van der Waals surface area contributed by atoms with Gasteiger partial charge in [-0.05, 0) is 59.7 Å². The van der Waals surface area contributed by atoms with E-state index in [0.717, 1.165) is 11.1 Å². The van der Waals surface area contributed by atoms with Crippen LogP contribution >= 0.6 is 0 Å². The number of aromatic amines is 1. The molecule has 5 rings (SSSR count). The molecule has 0 radical (unpaired) electrons. The van der Waals surface area contributed by atoms with Crippen LogP contribution in [0.1, 0.15) is 17.0 Å². The Morgan fingerprint density at radius 1 is 0.974 bits per heavy atom. The van der Waals surface area contributed by atoms with Crippen LogP contribution in [0.3, 0.4) is 0 Å². The van der Waals surface area contributed by atoms with Gasteiger partial charge in [0.25, 0.3) is 5.91 Å². The third kappa shape index (κ3) is 5.94. The number of fused-ring (bicyclic) bond motifs is 1. The maximum atomic E-state index is 13.4. The van der Waals surface area contributed by atoms with E-state index in [-0.39, 0.29) is 22.9 Å². The van der Waals surface area contributed by atoms with E-state index in [0.29, 0.717) is 34.9 Å². The highest BCUT2D eigenvalue weighted by atomic mass is 16.6. The molecule has 0 fully saturated rings. The number of nitrogens with one attached hydrogen (secondary N) is 2. The number of para-hydroxylation sites is 2. The number of carbonyl (C=O) groups is 1. The van der Waals surface area contributed by atoms with Gasteiger partial charge in [-0.1, -0.05) is 48.5 Å². The van der Waals surface area contributed by atoms with E-state index in [1.807, 2.05) is 54.6 Å². The van der Waals surface area contributed by atoms with Gasteiger partial charge in [0.05, 0.1) is 28.6 Å². The Morgan fingerprint density at radius 3 is 2.41 bits per heavy atom. The van der Waals surface area contributed by atoms with Crippen molar-refractivity contribution >= 4 is 34.3 Å². The van der Waals surface area contributed by atoms with Crippen LogP contribution < -0.4 is 14.8 Å². The molecule has 0 saturated carbocycles. The number of carbonyl (C=O) groups excluding carboxylic acids is 1. The highest BCUT2D eigenvalue weighted by molar-refractivity contribution is 6.23. The predicted octanol–water partition coefficient (Wildman–Crippen LogP) is 6.13. The maximum Gasteiger partial charge on any atom is 0.312 e. The van der Waals surface area contributed by atoms with Crippen molar-refractivity contribution in [3.05, 3.63) is 124 Å². The molecule has 0 unspecified atom stereocenters. The van der Waals surface area contributed by atoms with Crippen LogP contribution in [0.2, 0.25) is 0 Å². The molecule has 4 aromatic carbocycles. The Kier molecular flexibility index (Phi) is 7.31. The summed E-state index contributed by atoms with van der Waals surface area (Å²) in [5.41, 5.74) is 2.83. The fourth-order valence-electron chi connectivity index (χ4n) is 3.99. The van der Waals surface area contributed by atoms with Gasteiger partial charge < -0.3 is 19.8 Å². The van der Waals surface area contributed by atoms with Crippen LogP contribution in [0.15, 0.2) is 97.1 Å². The third-order valence-corrected chi connectivity index (χ3v) is 5.96. The number of amides is 1. The fraction of sp³-hybridized carbons (Fsp3) is 0.0667. The van der Waals surface area contributed by atoms with E-state index in [1.54, 1.807) is 43.5 Å². The molecule has 0 atom stereocenters. The first-order valence-electron chi connectivity index (χ1n) is 12.1. The van der Waals surface area contributed by atoms with Gasteiger partial charge in [0.15, 0.2) is 0 Å². The average molecular weight is 521 g/mol. The number of rotatable bonds is 9. The Labute approximate surface area is 223 Å². The first-order valence-corrected chi connectivity index (χ1v) is 12.1. The molecule has 9 heteroatoms. The summed E-state index contributed by atoms with van der Waals surface area (Å²) in [6, 6.07) is 28.2. The second-order valence-electron chi connectivity index (χ2n) is 8.59. The topological polar surface area (TPSA) is 119 Å². The van der Waals surface area contributed by atoms with Crippen LogP contribution in [0.25, 0.3) is 22.7 Å². The van der Waals surface area contributed by atoms with Crippen molar-refractivity contribution in [1.82, 2.24) is 15.3 Å². The van der Waals surface area contributed by atoms with Crippen molar-refractivity contribution in [3.63, 3.8) is 0 Å². The lowest BCUT2D eigenvalue weighted by atomic mass is 10.1. The zero-order chi connectivity index (χ0) is 27.2. The van der Waals surface area contributed by atoms with E-state index < -0.39 is 4.92 Å². The fourth-order valence-corrected chi connectivity index (χ4v) is 3.99. The SMILES string of the molecule is COc1ccc(Oc2ccc(C=C(C(=O)NCc3ccccc3)c3nc4ccccc4[nH]3)cc2[N+](=O)[O-])cc1. The third-order valence-electron chi connectivity index (χ3n) is 5.96. The number of nitro benzene ring substituents is 1. The molecule has 2 N–H and O–H groups in total. The minimum absolute atomic E-state index is 0.0705. The standard InChI is InChI=1S/C30H24N4O5/c1-38-22-12-14-23(15-13-22)39-28-16-11-21(18-27(28)34(36)37)17-24(29-32-25-9-5-6-10-26(25)33-29)30(35)31-19-20-7-3-2-4-8-20/h2-18H,19H2,1H3,(H,31,35)(H,32,33). The summed E-state index contributed by atoms with van der Waals surface area (Å²) < 4.78 is 10.9. The summed E-state index contributed by atoms with van der Waals surface area (Å²) in [4.78, 5) is 32.5. The van der Waals surface area contributed by atoms with E-state index in [9.17, 15) is 14.9 Å². The quantitative estimate of drug-likeness (QED) is 0.137. The lowest BCUT2D eigenvalue weighted by Crippen LogP contribution is -2.24. The number of nitrogens with zero attached hydrogens (tertiary/aromatic N) is 2. The number of nitro groups is 1.